The van der Waals surface area contributed by atoms with Gasteiger partial charge in [0.1, 0.15) is 0 Å². The van der Waals surface area contributed by atoms with Gasteiger partial charge in [-0.2, -0.15) is 10.2 Å². The van der Waals surface area contributed by atoms with Gasteiger partial charge in [-0.1, -0.05) is 32.9 Å². The summed E-state index contributed by atoms with van der Waals surface area (Å²) in [6.07, 6.45) is 4.86. The lowest BCUT2D eigenvalue weighted by molar-refractivity contribution is 0.251. The summed E-state index contributed by atoms with van der Waals surface area (Å²) in [4.78, 5) is 4.63. The summed E-state index contributed by atoms with van der Waals surface area (Å²) in [6, 6.07) is 2.36. The molecule has 0 amide bonds. The Kier molecular flexibility index (Phi) is 3.55. The zero-order valence-corrected chi connectivity index (χ0v) is 13.5. The number of rotatable bonds is 3. The molecule has 0 aliphatic heterocycles. The summed E-state index contributed by atoms with van der Waals surface area (Å²) >= 11 is 0. The predicted octanol–water partition coefficient (Wildman–Crippen LogP) is 4.26. The van der Waals surface area contributed by atoms with E-state index in [1.807, 2.05) is 0 Å². The fraction of sp³-hybridized carbons (Fsp3) is 0.824. The standard InChI is InChI=1S/C17H25N3O/c1-10(2)11-5-7-12(8-6-11)15-19-16(21-20-15)14-13(9-18)17(14,3)4/h10-14H,5-8H2,1-4H3. The van der Waals surface area contributed by atoms with Gasteiger partial charge < -0.3 is 4.52 Å². The fourth-order valence-corrected chi connectivity index (χ4v) is 3.92. The van der Waals surface area contributed by atoms with Crippen molar-refractivity contribution in [2.45, 2.75) is 65.2 Å². The van der Waals surface area contributed by atoms with Crippen molar-refractivity contribution < 1.29 is 4.52 Å². The lowest BCUT2D eigenvalue weighted by Gasteiger charge is -2.29. The highest BCUT2D eigenvalue weighted by Crippen LogP contribution is 2.63. The summed E-state index contributed by atoms with van der Waals surface area (Å²) in [6.45, 7) is 8.83. The normalized spacial score (nSPS) is 34.7. The van der Waals surface area contributed by atoms with Gasteiger partial charge in [0, 0.05) is 5.92 Å². The van der Waals surface area contributed by atoms with Crippen molar-refractivity contribution in [2.75, 3.05) is 0 Å². The summed E-state index contributed by atoms with van der Waals surface area (Å²) in [5, 5.41) is 13.4. The van der Waals surface area contributed by atoms with Gasteiger partial charge in [-0.3, -0.25) is 0 Å². The van der Waals surface area contributed by atoms with Crippen molar-refractivity contribution in [3.63, 3.8) is 0 Å². The number of hydrogen-bond acceptors (Lipinski definition) is 4. The average molecular weight is 287 g/mol. The van der Waals surface area contributed by atoms with Gasteiger partial charge in [-0.25, -0.2) is 0 Å². The van der Waals surface area contributed by atoms with Gasteiger partial charge in [0.2, 0.25) is 5.89 Å². The fourth-order valence-electron chi connectivity index (χ4n) is 3.92. The van der Waals surface area contributed by atoms with E-state index in [9.17, 15) is 5.26 Å². The maximum Gasteiger partial charge on any atom is 0.231 e. The molecule has 3 rings (SSSR count). The van der Waals surface area contributed by atoms with Crippen LogP contribution in [0.4, 0.5) is 0 Å². The minimum Gasteiger partial charge on any atom is -0.339 e. The first-order valence-electron chi connectivity index (χ1n) is 8.18. The van der Waals surface area contributed by atoms with Gasteiger partial charge in [0.15, 0.2) is 5.82 Å². The molecule has 1 aromatic heterocycles. The smallest absolute Gasteiger partial charge is 0.231 e. The summed E-state index contributed by atoms with van der Waals surface area (Å²) < 4.78 is 5.47. The average Bonchev–Trinajstić information content (AvgIpc) is 2.82. The molecule has 0 saturated heterocycles. The molecule has 0 bridgehead atoms. The Hall–Kier alpha value is -1.37. The first-order valence-corrected chi connectivity index (χ1v) is 8.18. The van der Waals surface area contributed by atoms with Crippen LogP contribution in [-0.4, -0.2) is 10.1 Å². The minimum atomic E-state index is -0.0200. The number of hydrogen-bond donors (Lipinski definition) is 0. The van der Waals surface area contributed by atoms with E-state index in [4.69, 9.17) is 4.52 Å². The lowest BCUT2D eigenvalue weighted by atomic mass is 9.77. The van der Waals surface area contributed by atoms with E-state index >= 15 is 0 Å². The SMILES string of the molecule is CC(C)C1CCC(c2noc(C3C(C#N)C3(C)C)n2)CC1. The molecule has 4 nitrogen and oxygen atoms in total. The van der Waals surface area contributed by atoms with Crippen LogP contribution < -0.4 is 0 Å². The highest BCUT2D eigenvalue weighted by Gasteiger charge is 2.62. The summed E-state index contributed by atoms with van der Waals surface area (Å²) in [7, 11) is 0. The van der Waals surface area contributed by atoms with Crippen LogP contribution in [0.15, 0.2) is 4.52 Å². The Balaban J connectivity index is 1.66. The van der Waals surface area contributed by atoms with Crippen LogP contribution in [0.5, 0.6) is 0 Å². The third-order valence-electron chi connectivity index (χ3n) is 5.77. The molecule has 2 aliphatic carbocycles. The molecule has 0 radical (unpaired) electrons. The van der Waals surface area contributed by atoms with Crippen molar-refractivity contribution in [2.24, 2.45) is 23.2 Å². The first kappa shape index (κ1) is 14.6. The zero-order chi connectivity index (χ0) is 15.2. The molecule has 1 aromatic rings. The molecule has 2 aliphatic rings. The van der Waals surface area contributed by atoms with Crippen LogP contribution in [0, 0.1) is 34.5 Å². The van der Waals surface area contributed by atoms with Crippen molar-refractivity contribution in [3.05, 3.63) is 11.7 Å². The monoisotopic (exact) mass is 287 g/mol. The van der Waals surface area contributed by atoms with E-state index in [-0.39, 0.29) is 17.3 Å². The van der Waals surface area contributed by atoms with E-state index < -0.39 is 0 Å². The Bertz CT molecular complexity index is 547. The van der Waals surface area contributed by atoms with E-state index in [0.29, 0.717) is 11.8 Å². The molecule has 2 unspecified atom stereocenters. The highest BCUT2D eigenvalue weighted by molar-refractivity contribution is 5.26. The number of nitrogens with zero attached hydrogens (tertiary/aromatic N) is 3. The lowest BCUT2D eigenvalue weighted by Crippen LogP contribution is -2.18. The van der Waals surface area contributed by atoms with Gasteiger partial charge >= 0.3 is 0 Å². The number of aromatic nitrogens is 2. The molecule has 0 aromatic carbocycles. The summed E-state index contributed by atoms with van der Waals surface area (Å²) in [5.74, 6) is 3.74. The van der Waals surface area contributed by atoms with Crippen LogP contribution in [0.25, 0.3) is 0 Å². The molecule has 0 N–H and O–H groups in total. The van der Waals surface area contributed by atoms with Crippen LogP contribution >= 0.6 is 0 Å². The minimum absolute atomic E-state index is 0.0162. The second kappa shape index (κ2) is 5.12. The zero-order valence-electron chi connectivity index (χ0n) is 13.5. The van der Waals surface area contributed by atoms with E-state index in [1.165, 1.54) is 12.8 Å². The van der Waals surface area contributed by atoms with Crippen LogP contribution in [0.1, 0.15) is 76.9 Å². The van der Waals surface area contributed by atoms with Gasteiger partial charge in [0.25, 0.3) is 0 Å². The highest BCUT2D eigenvalue weighted by atomic mass is 16.5. The maximum atomic E-state index is 9.17. The van der Waals surface area contributed by atoms with E-state index in [0.717, 1.165) is 30.5 Å². The Morgan fingerprint density at radius 2 is 1.90 bits per heavy atom. The number of nitriles is 1. The Morgan fingerprint density at radius 1 is 1.24 bits per heavy atom. The molecule has 114 valence electrons. The van der Waals surface area contributed by atoms with Crippen LogP contribution in [-0.2, 0) is 0 Å². The van der Waals surface area contributed by atoms with E-state index in [2.05, 4.69) is 43.9 Å². The third-order valence-corrected chi connectivity index (χ3v) is 5.77. The van der Waals surface area contributed by atoms with Gasteiger partial charge in [-0.05, 0) is 42.9 Å². The topological polar surface area (TPSA) is 62.7 Å². The Labute approximate surface area is 126 Å². The predicted molar refractivity (Wildman–Crippen MR) is 79.5 cm³/mol. The van der Waals surface area contributed by atoms with Crippen molar-refractivity contribution in [1.29, 1.82) is 5.26 Å². The molecule has 2 fully saturated rings. The molecule has 0 spiro atoms. The van der Waals surface area contributed by atoms with Crippen molar-refractivity contribution >= 4 is 0 Å². The largest absolute Gasteiger partial charge is 0.339 e. The Morgan fingerprint density at radius 3 is 2.43 bits per heavy atom. The second-order valence-corrected chi connectivity index (χ2v) is 7.75. The van der Waals surface area contributed by atoms with Gasteiger partial charge in [0.05, 0.1) is 17.9 Å². The van der Waals surface area contributed by atoms with Crippen molar-refractivity contribution in [3.8, 4) is 6.07 Å². The van der Waals surface area contributed by atoms with Crippen LogP contribution in [0.2, 0.25) is 0 Å². The molecule has 1 heterocycles. The molecular formula is C17H25N3O. The van der Waals surface area contributed by atoms with Crippen molar-refractivity contribution in [1.82, 2.24) is 10.1 Å². The van der Waals surface area contributed by atoms with E-state index in [1.54, 1.807) is 0 Å². The second-order valence-electron chi connectivity index (χ2n) is 7.75. The maximum absolute atomic E-state index is 9.17. The van der Waals surface area contributed by atoms with Crippen LogP contribution in [0.3, 0.4) is 0 Å². The molecule has 2 saturated carbocycles. The third kappa shape index (κ3) is 2.47. The molecule has 21 heavy (non-hydrogen) atoms. The quantitative estimate of drug-likeness (QED) is 0.833. The molecular weight excluding hydrogens is 262 g/mol. The first-order chi connectivity index (χ1) is 9.95. The molecule has 4 heteroatoms. The summed E-state index contributed by atoms with van der Waals surface area (Å²) in [5.41, 5.74) is -0.0200. The molecule has 2 atom stereocenters. The van der Waals surface area contributed by atoms with Gasteiger partial charge in [-0.15, -0.1) is 0 Å².